The Hall–Kier alpha value is -1.46. The topological polar surface area (TPSA) is 71.2 Å². The summed E-state index contributed by atoms with van der Waals surface area (Å²) in [6.07, 6.45) is 5.09. The van der Waals surface area contributed by atoms with Crippen molar-refractivity contribution in [2.45, 2.75) is 51.7 Å². The van der Waals surface area contributed by atoms with E-state index in [2.05, 4.69) is 29.3 Å². The number of nitrogens with zero attached hydrogens (tertiary/aromatic N) is 2. The number of hydrazine groups is 1. The predicted molar refractivity (Wildman–Crippen MR) is 74.2 cm³/mol. The lowest BCUT2D eigenvalue weighted by atomic mass is 10.00. The zero-order chi connectivity index (χ0) is 13.8. The van der Waals surface area contributed by atoms with Gasteiger partial charge >= 0.3 is 0 Å². The molecule has 5 nitrogen and oxygen atoms in total. The molecule has 2 heterocycles. The highest BCUT2D eigenvalue weighted by atomic mass is 16.2. The maximum absolute atomic E-state index is 12.3. The normalized spacial score (nSPS) is 24.2. The van der Waals surface area contributed by atoms with E-state index in [-0.39, 0.29) is 5.91 Å². The minimum absolute atomic E-state index is 0.0855. The highest BCUT2D eigenvalue weighted by Crippen LogP contribution is 2.20. The molecule has 0 radical (unpaired) electrons. The standard InChI is InChI=1S/C14H22N4O/c1-10-4-3-5-11(2)18(10)17-14(19)12-6-7-16-13(8-12)9-15/h6-8,10-11H,3-5,9,15H2,1-2H3,(H,17,19). The van der Waals surface area contributed by atoms with Crippen molar-refractivity contribution < 1.29 is 4.79 Å². The van der Waals surface area contributed by atoms with E-state index in [1.807, 2.05) is 0 Å². The zero-order valence-electron chi connectivity index (χ0n) is 11.6. The second kappa shape index (κ2) is 6.12. The molecule has 0 aromatic carbocycles. The Kier molecular flexibility index (Phi) is 4.50. The molecule has 2 unspecified atom stereocenters. The second-order valence-corrected chi connectivity index (χ2v) is 5.22. The number of hydrogen-bond donors (Lipinski definition) is 2. The van der Waals surface area contributed by atoms with Crippen LogP contribution < -0.4 is 11.2 Å². The highest BCUT2D eigenvalue weighted by Gasteiger charge is 2.26. The van der Waals surface area contributed by atoms with Crippen molar-refractivity contribution in [3.63, 3.8) is 0 Å². The summed E-state index contributed by atoms with van der Waals surface area (Å²) in [6, 6.07) is 4.22. The lowest BCUT2D eigenvalue weighted by Crippen LogP contribution is -2.54. The number of hydrogen-bond acceptors (Lipinski definition) is 4. The van der Waals surface area contributed by atoms with Crippen LogP contribution in [0.2, 0.25) is 0 Å². The summed E-state index contributed by atoms with van der Waals surface area (Å²) in [6.45, 7) is 4.64. The van der Waals surface area contributed by atoms with Crippen molar-refractivity contribution in [3.05, 3.63) is 29.6 Å². The third-order valence-corrected chi connectivity index (χ3v) is 3.71. The summed E-state index contributed by atoms with van der Waals surface area (Å²) in [7, 11) is 0. The van der Waals surface area contributed by atoms with E-state index in [0.717, 1.165) is 18.5 Å². The van der Waals surface area contributed by atoms with E-state index in [1.54, 1.807) is 18.3 Å². The summed E-state index contributed by atoms with van der Waals surface area (Å²) in [4.78, 5) is 16.3. The van der Waals surface area contributed by atoms with Gasteiger partial charge in [-0.05, 0) is 38.8 Å². The van der Waals surface area contributed by atoms with Crippen LogP contribution in [0.25, 0.3) is 0 Å². The first-order valence-corrected chi connectivity index (χ1v) is 6.86. The number of nitrogens with one attached hydrogen (secondary N) is 1. The molecule has 0 spiro atoms. The lowest BCUT2D eigenvalue weighted by Gasteiger charge is -2.38. The third kappa shape index (κ3) is 3.30. The predicted octanol–water partition coefficient (Wildman–Crippen LogP) is 1.45. The summed E-state index contributed by atoms with van der Waals surface area (Å²) >= 11 is 0. The number of carbonyl (C=O) groups excluding carboxylic acids is 1. The van der Waals surface area contributed by atoms with Crippen molar-refractivity contribution in [1.29, 1.82) is 0 Å². The number of pyridine rings is 1. The number of amides is 1. The molecule has 2 rings (SSSR count). The molecule has 1 saturated heterocycles. The van der Waals surface area contributed by atoms with Crippen LogP contribution in [0.4, 0.5) is 0 Å². The van der Waals surface area contributed by atoms with Gasteiger partial charge in [-0.15, -0.1) is 0 Å². The van der Waals surface area contributed by atoms with E-state index in [1.165, 1.54) is 6.42 Å². The number of nitrogens with two attached hydrogens (primary N) is 1. The van der Waals surface area contributed by atoms with Gasteiger partial charge in [0.25, 0.3) is 5.91 Å². The largest absolute Gasteiger partial charge is 0.325 e. The molecular weight excluding hydrogens is 240 g/mol. The van der Waals surface area contributed by atoms with Gasteiger partial charge < -0.3 is 5.73 Å². The van der Waals surface area contributed by atoms with Crippen LogP contribution in [-0.4, -0.2) is 28.0 Å². The van der Waals surface area contributed by atoms with E-state index in [4.69, 9.17) is 5.73 Å². The van der Waals surface area contributed by atoms with Gasteiger partial charge in [0.05, 0.1) is 5.69 Å². The van der Waals surface area contributed by atoms with Crippen LogP contribution in [0.3, 0.4) is 0 Å². The van der Waals surface area contributed by atoms with E-state index in [9.17, 15) is 4.79 Å². The van der Waals surface area contributed by atoms with Crippen LogP contribution in [0, 0.1) is 0 Å². The van der Waals surface area contributed by atoms with Gasteiger partial charge in [-0.1, -0.05) is 6.42 Å². The maximum atomic E-state index is 12.3. The Morgan fingerprint density at radius 2 is 2.16 bits per heavy atom. The molecule has 0 bridgehead atoms. The molecule has 19 heavy (non-hydrogen) atoms. The van der Waals surface area contributed by atoms with Crippen molar-refractivity contribution in [3.8, 4) is 0 Å². The van der Waals surface area contributed by atoms with E-state index in [0.29, 0.717) is 24.2 Å². The fourth-order valence-electron chi connectivity index (χ4n) is 2.55. The minimum atomic E-state index is -0.0855. The number of carbonyl (C=O) groups is 1. The first kappa shape index (κ1) is 14.0. The summed E-state index contributed by atoms with van der Waals surface area (Å²) < 4.78 is 0. The van der Waals surface area contributed by atoms with Crippen molar-refractivity contribution in [2.75, 3.05) is 0 Å². The average Bonchev–Trinajstić information content (AvgIpc) is 2.43. The molecule has 0 saturated carbocycles. The quantitative estimate of drug-likeness (QED) is 0.865. The van der Waals surface area contributed by atoms with Crippen LogP contribution in [-0.2, 0) is 6.54 Å². The monoisotopic (exact) mass is 262 g/mol. The number of rotatable bonds is 3. The molecule has 1 aliphatic heterocycles. The smallest absolute Gasteiger partial charge is 0.265 e. The summed E-state index contributed by atoms with van der Waals surface area (Å²) in [5, 5.41) is 2.06. The number of aromatic nitrogens is 1. The molecule has 3 N–H and O–H groups in total. The van der Waals surface area contributed by atoms with Crippen LogP contribution in [0.15, 0.2) is 18.3 Å². The minimum Gasteiger partial charge on any atom is -0.325 e. The molecule has 104 valence electrons. The van der Waals surface area contributed by atoms with E-state index < -0.39 is 0 Å². The second-order valence-electron chi connectivity index (χ2n) is 5.22. The first-order chi connectivity index (χ1) is 9.11. The summed E-state index contributed by atoms with van der Waals surface area (Å²) in [5.74, 6) is -0.0855. The zero-order valence-corrected chi connectivity index (χ0v) is 11.6. The molecule has 5 heteroatoms. The first-order valence-electron chi connectivity index (χ1n) is 6.86. The van der Waals surface area contributed by atoms with Gasteiger partial charge in [-0.25, -0.2) is 5.01 Å². The van der Waals surface area contributed by atoms with Gasteiger partial charge in [0.2, 0.25) is 0 Å². The molecule has 1 amide bonds. The fourth-order valence-corrected chi connectivity index (χ4v) is 2.55. The van der Waals surface area contributed by atoms with Crippen LogP contribution in [0.1, 0.15) is 49.2 Å². The van der Waals surface area contributed by atoms with Crippen molar-refractivity contribution >= 4 is 5.91 Å². The fraction of sp³-hybridized carbons (Fsp3) is 0.571. The molecular formula is C14H22N4O. The molecule has 1 fully saturated rings. The molecule has 1 aromatic rings. The maximum Gasteiger partial charge on any atom is 0.265 e. The van der Waals surface area contributed by atoms with Gasteiger partial charge in [-0.2, -0.15) is 0 Å². The van der Waals surface area contributed by atoms with Gasteiger partial charge in [-0.3, -0.25) is 15.2 Å². The van der Waals surface area contributed by atoms with Gasteiger partial charge in [0, 0.05) is 30.4 Å². The molecule has 0 aliphatic carbocycles. The Balaban J connectivity index is 2.07. The van der Waals surface area contributed by atoms with E-state index >= 15 is 0 Å². The summed E-state index contributed by atoms with van der Waals surface area (Å²) in [5.41, 5.74) is 9.89. The van der Waals surface area contributed by atoms with Gasteiger partial charge in [0.15, 0.2) is 0 Å². The SMILES string of the molecule is CC1CCCC(C)N1NC(=O)c1ccnc(CN)c1. The van der Waals surface area contributed by atoms with Gasteiger partial charge in [0.1, 0.15) is 0 Å². The molecule has 2 atom stereocenters. The Labute approximate surface area is 114 Å². The highest BCUT2D eigenvalue weighted by molar-refractivity contribution is 5.93. The van der Waals surface area contributed by atoms with Crippen LogP contribution >= 0.6 is 0 Å². The van der Waals surface area contributed by atoms with Crippen LogP contribution in [0.5, 0.6) is 0 Å². The Morgan fingerprint density at radius 3 is 2.79 bits per heavy atom. The van der Waals surface area contributed by atoms with Crippen molar-refractivity contribution in [1.82, 2.24) is 15.4 Å². The molecule has 1 aromatic heterocycles. The third-order valence-electron chi connectivity index (χ3n) is 3.71. The lowest BCUT2D eigenvalue weighted by molar-refractivity contribution is 0.0369. The number of piperidine rings is 1. The Morgan fingerprint density at radius 1 is 1.47 bits per heavy atom. The molecule has 1 aliphatic rings. The Bertz CT molecular complexity index is 439. The van der Waals surface area contributed by atoms with Crippen molar-refractivity contribution in [2.24, 2.45) is 5.73 Å². The average molecular weight is 262 g/mol.